The third-order valence-corrected chi connectivity index (χ3v) is 2.35. The van der Waals surface area contributed by atoms with E-state index < -0.39 is 0 Å². The SMILES string of the molecule is Cc1ccc(C(=O)CC(=O)c2ccc(C)o2)o1. The molecule has 0 unspecified atom stereocenters. The van der Waals surface area contributed by atoms with Crippen LogP contribution in [-0.4, -0.2) is 11.6 Å². The molecule has 0 spiro atoms. The summed E-state index contributed by atoms with van der Waals surface area (Å²) in [4.78, 5) is 23.4. The molecule has 2 rings (SSSR count). The zero-order valence-electron chi connectivity index (χ0n) is 9.65. The number of Topliss-reactive ketones (excluding diaryl/α,β-unsaturated/α-hetero) is 2. The Balaban J connectivity index is 2.07. The average molecular weight is 232 g/mol. The van der Waals surface area contributed by atoms with Crippen molar-refractivity contribution >= 4 is 11.6 Å². The number of aryl methyl sites for hydroxylation is 2. The Morgan fingerprint density at radius 3 is 1.59 bits per heavy atom. The van der Waals surface area contributed by atoms with Crippen LogP contribution in [0.5, 0.6) is 0 Å². The van der Waals surface area contributed by atoms with Crippen molar-refractivity contribution in [2.75, 3.05) is 0 Å². The van der Waals surface area contributed by atoms with Crippen LogP contribution < -0.4 is 0 Å². The van der Waals surface area contributed by atoms with E-state index in [2.05, 4.69) is 0 Å². The predicted octanol–water partition coefficient (Wildman–Crippen LogP) is 2.95. The van der Waals surface area contributed by atoms with Gasteiger partial charge >= 0.3 is 0 Å². The second kappa shape index (κ2) is 4.41. The first-order valence-corrected chi connectivity index (χ1v) is 5.25. The van der Waals surface area contributed by atoms with Gasteiger partial charge in [-0.05, 0) is 38.1 Å². The summed E-state index contributed by atoms with van der Waals surface area (Å²) in [5.41, 5.74) is 0. The maximum atomic E-state index is 11.7. The summed E-state index contributed by atoms with van der Waals surface area (Å²) in [5.74, 6) is 1.04. The number of furan rings is 2. The van der Waals surface area contributed by atoms with E-state index in [4.69, 9.17) is 8.83 Å². The molecule has 88 valence electrons. The molecule has 0 radical (unpaired) electrons. The molecule has 4 nitrogen and oxygen atoms in total. The quantitative estimate of drug-likeness (QED) is 0.600. The second-order valence-corrected chi connectivity index (χ2v) is 3.84. The Bertz CT molecular complexity index is 509. The van der Waals surface area contributed by atoms with E-state index in [9.17, 15) is 9.59 Å². The predicted molar refractivity (Wildman–Crippen MR) is 60.2 cm³/mol. The minimum absolute atomic E-state index is 0.208. The van der Waals surface area contributed by atoms with Gasteiger partial charge in [-0.3, -0.25) is 9.59 Å². The molecule has 0 N–H and O–H groups in total. The topological polar surface area (TPSA) is 60.4 Å². The lowest BCUT2D eigenvalue weighted by Crippen LogP contribution is -2.07. The van der Waals surface area contributed by atoms with Crippen LogP contribution in [0.3, 0.4) is 0 Å². The Morgan fingerprint density at radius 1 is 0.882 bits per heavy atom. The molecular formula is C13H12O4. The van der Waals surface area contributed by atoms with E-state index in [0.717, 1.165) is 0 Å². The number of carbonyl (C=O) groups is 2. The molecule has 0 fully saturated rings. The number of rotatable bonds is 4. The van der Waals surface area contributed by atoms with Gasteiger partial charge in [0.1, 0.15) is 11.5 Å². The monoisotopic (exact) mass is 232 g/mol. The average Bonchev–Trinajstić information content (AvgIpc) is 2.87. The summed E-state index contributed by atoms with van der Waals surface area (Å²) in [6.07, 6.45) is -0.236. The first kappa shape index (κ1) is 11.4. The van der Waals surface area contributed by atoms with Gasteiger partial charge in [0.2, 0.25) is 11.6 Å². The van der Waals surface area contributed by atoms with Crippen LogP contribution in [0, 0.1) is 13.8 Å². The fourth-order valence-electron chi connectivity index (χ4n) is 1.49. The van der Waals surface area contributed by atoms with E-state index in [-0.39, 0.29) is 29.5 Å². The number of hydrogen-bond acceptors (Lipinski definition) is 4. The van der Waals surface area contributed by atoms with E-state index in [1.165, 1.54) is 0 Å². The highest BCUT2D eigenvalue weighted by Crippen LogP contribution is 2.13. The van der Waals surface area contributed by atoms with Crippen molar-refractivity contribution in [1.29, 1.82) is 0 Å². The molecule has 0 aliphatic rings. The normalized spacial score (nSPS) is 10.5. The summed E-state index contributed by atoms with van der Waals surface area (Å²) >= 11 is 0. The van der Waals surface area contributed by atoms with Gasteiger partial charge in [0.15, 0.2) is 11.5 Å². The van der Waals surface area contributed by atoms with Gasteiger partial charge < -0.3 is 8.83 Å². The smallest absolute Gasteiger partial charge is 0.205 e. The first-order chi connectivity index (χ1) is 8.06. The maximum absolute atomic E-state index is 11.7. The highest BCUT2D eigenvalue weighted by molar-refractivity contribution is 6.11. The van der Waals surface area contributed by atoms with Crippen molar-refractivity contribution < 1.29 is 18.4 Å². The van der Waals surface area contributed by atoms with Crippen LogP contribution >= 0.6 is 0 Å². The summed E-state index contributed by atoms with van der Waals surface area (Å²) in [7, 11) is 0. The lowest BCUT2D eigenvalue weighted by atomic mass is 10.1. The minimum atomic E-state index is -0.336. The lowest BCUT2D eigenvalue weighted by molar-refractivity contribution is 0.0862. The molecule has 0 atom stereocenters. The fourth-order valence-corrected chi connectivity index (χ4v) is 1.49. The number of carbonyl (C=O) groups excluding carboxylic acids is 2. The number of ketones is 2. The molecular weight excluding hydrogens is 220 g/mol. The van der Waals surface area contributed by atoms with Gasteiger partial charge in [0.05, 0.1) is 6.42 Å². The molecule has 2 aromatic heterocycles. The van der Waals surface area contributed by atoms with Crippen molar-refractivity contribution in [1.82, 2.24) is 0 Å². The van der Waals surface area contributed by atoms with E-state index >= 15 is 0 Å². The van der Waals surface area contributed by atoms with E-state index in [1.807, 2.05) is 0 Å². The lowest BCUT2D eigenvalue weighted by Gasteiger charge is -1.95. The van der Waals surface area contributed by atoms with E-state index in [0.29, 0.717) is 11.5 Å². The van der Waals surface area contributed by atoms with Gasteiger partial charge in [-0.25, -0.2) is 0 Å². The summed E-state index contributed by atoms with van der Waals surface area (Å²) in [6, 6.07) is 6.51. The Morgan fingerprint density at radius 2 is 1.29 bits per heavy atom. The zero-order chi connectivity index (χ0) is 12.4. The Labute approximate surface area is 98.2 Å². The van der Waals surface area contributed by atoms with Gasteiger partial charge in [0, 0.05) is 0 Å². The highest BCUT2D eigenvalue weighted by Gasteiger charge is 2.18. The standard InChI is InChI=1S/C13H12O4/c1-8-3-5-12(16-8)10(14)7-11(15)13-6-4-9(2)17-13/h3-6H,7H2,1-2H3. The first-order valence-electron chi connectivity index (χ1n) is 5.25. The van der Waals surface area contributed by atoms with E-state index in [1.54, 1.807) is 38.1 Å². The van der Waals surface area contributed by atoms with Crippen LogP contribution in [0.15, 0.2) is 33.1 Å². The van der Waals surface area contributed by atoms with Crippen molar-refractivity contribution in [3.8, 4) is 0 Å². The molecule has 0 bridgehead atoms. The summed E-state index contributed by atoms with van der Waals surface area (Å²) in [6.45, 7) is 3.49. The largest absolute Gasteiger partial charge is 0.458 e. The third-order valence-electron chi connectivity index (χ3n) is 2.35. The van der Waals surface area contributed by atoms with Gasteiger partial charge in [-0.1, -0.05) is 0 Å². The van der Waals surface area contributed by atoms with Gasteiger partial charge in [-0.15, -0.1) is 0 Å². The van der Waals surface area contributed by atoms with Crippen LogP contribution in [0.4, 0.5) is 0 Å². The van der Waals surface area contributed by atoms with Crippen LogP contribution in [0.2, 0.25) is 0 Å². The number of hydrogen-bond donors (Lipinski definition) is 0. The Hall–Kier alpha value is -2.10. The molecule has 2 heterocycles. The minimum Gasteiger partial charge on any atom is -0.458 e. The molecule has 0 aliphatic heterocycles. The van der Waals surface area contributed by atoms with Crippen molar-refractivity contribution in [2.45, 2.75) is 20.3 Å². The third kappa shape index (κ3) is 2.53. The van der Waals surface area contributed by atoms with Crippen LogP contribution in [0.25, 0.3) is 0 Å². The van der Waals surface area contributed by atoms with Crippen molar-refractivity contribution in [2.24, 2.45) is 0 Å². The highest BCUT2D eigenvalue weighted by atomic mass is 16.4. The molecule has 0 saturated carbocycles. The molecule has 0 aliphatic carbocycles. The van der Waals surface area contributed by atoms with Crippen LogP contribution in [-0.2, 0) is 0 Å². The maximum Gasteiger partial charge on any atom is 0.205 e. The summed E-state index contributed by atoms with van der Waals surface area (Å²) < 4.78 is 10.3. The Kier molecular flexibility index (Phi) is 2.95. The zero-order valence-corrected chi connectivity index (χ0v) is 9.65. The molecule has 17 heavy (non-hydrogen) atoms. The summed E-state index contributed by atoms with van der Waals surface area (Å²) in [5, 5.41) is 0. The van der Waals surface area contributed by atoms with Crippen molar-refractivity contribution in [3.05, 3.63) is 47.3 Å². The molecule has 2 aromatic rings. The second-order valence-electron chi connectivity index (χ2n) is 3.84. The van der Waals surface area contributed by atoms with Gasteiger partial charge in [0.25, 0.3) is 0 Å². The van der Waals surface area contributed by atoms with Crippen LogP contribution in [0.1, 0.15) is 39.1 Å². The fraction of sp³-hybridized carbons (Fsp3) is 0.231. The molecule has 4 heteroatoms. The van der Waals surface area contributed by atoms with Crippen molar-refractivity contribution in [3.63, 3.8) is 0 Å². The van der Waals surface area contributed by atoms with Gasteiger partial charge in [-0.2, -0.15) is 0 Å². The molecule has 0 saturated heterocycles. The molecule has 0 aromatic carbocycles. The molecule has 0 amide bonds.